The van der Waals surface area contributed by atoms with E-state index >= 15 is 0 Å². The van der Waals surface area contributed by atoms with Gasteiger partial charge in [0.15, 0.2) is 16.3 Å². The van der Waals surface area contributed by atoms with E-state index in [9.17, 15) is 19.5 Å². The fraction of sp³-hybridized carbons (Fsp3) is 0.200. The number of carbonyl (C=O) groups is 2. The molecule has 3 heterocycles. The van der Waals surface area contributed by atoms with Crippen LogP contribution in [0.15, 0.2) is 78.5 Å². The highest BCUT2D eigenvalue weighted by molar-refractivity contribution is 9.10. The zero-order chi connectivity index (χ0) is 30.1. The molecule has 2 aromatic heterocycles. The zero-order valence-electron chi connectivity index (χ0n) is 23.0. The summed E-state index contributed by atoms with van der Waals surface area (Å²) in [4.78, 5) is 43.5. The third-order valence-corrected chi connectivity index (χ3v) is 8.28. The minimum Gasteiger partial charge on any atom is -0.493 e. The predicted octanol–water partition coefficient (Wildman–Crippen LogP) is 4.54. The van der Waals surface area contributed by atoms with Crippen molar-refractivity contribution in [3.05, 3.63) is 101 Å². The van der Waals surface area contributed by atoms with Crippen molar-refractivity contribution in [2.24, 2.45) is 4.99 Å². The van der Waals surface area contributed by atoms with Gasteiger partial charge in [-0.25, -0.2) is 14.6 Å². The monoisotopic (exact) mass is 652 g/mol. The molecule has 0 spiro atoms. The molecule has 1 atom stereocenters. The first-order chi connectivity index (χ1) is 20.2. The summed E-state index contributed by atoms with van der Waals surface area (Å²) in [6.45, 7) is 3.56. The van der Waals surface area contributed by atoms with Gasteiger partial charge in [0.05, 0.1) is 48.2 Å². The van der Waals surface area contributed by atoms with Crippen molar-refractivity contribution >= 4 is 45.3 Å². The van der Waals surface area contributed by atoms with E-state index in [0.29, 0.717) is 53.6 Å². The average molecular weight is 654 g/mol. The molecule has 216 valence electrons. The van der Waals surface area contributed by atoms with Crippen LogP contribution in [-0.2, 0) is 9.53 Å². The van der Waals surface area contributed by atoms with Gasteiger partial charge < -0.3 is 23.7 Å². The molecule has 0 aliphatic carbocycles. The molecule has 0 saturated carbocycles. The Morgan fingerprint density at radius 3 is 2.57 bits per heavy atom. The number of nitrogens with zero attached hydrogens (tertiary/aromatic N) is 2. The molecular weight excluding hydrogens is 628 g/mol. The van der Waals surface area contributed by atoms with Crippen LogP contribution in [0.4, 0.5) is 0 Å². The number of esters is 1. The van der Waals surface area contributed by atoms with Crippen LogP contribution in [0.3, 0.4) is 0 Å². The maximum absolute atomic E-state index is 13.9. The number of aromatic nitrogens is 1. The number of halogens is 1. The molecule has 4 aromatic rings. The number of carboxylic acid groups (broad SMARTS) is 1. The second-order valence-electron chi connectivity index (χ2n) is 9.12. The fourth-order valence-electron chi connectivity index (χ4n) is 4.69. The summed E-state index contributed by atoms with van der Waals surface area (Å²) >= 11 is 4.74. The number of rotatable bonds is 8. The summed E-state index contributed by atoms with van der Waals surface area (Å²) in [5.41, 5.74) is 1.56. The lowest BCUT2D eigenvalue weighted by atomic mass is 9.95. The SMILES string of the molecule is CCOC(=O)C1=C(C)N=c2sc(=Cc3ccc(-c4cccc(C(=O)O)c4)o3)c(=O)n2C1c1cc(OC)c(OC)cc1Br. The number of aromatic carboxylic acids is 1. The smallest absolute Gasteiger partial charge is 0.338 e. The lowest BCUT2D eigenvalue weighted by Gasteiger charge is -2.26. The van der Waals surface area contributed by atoms with Gasteiger partial charge in [0.2, 0.25) is 0 Å². The highest BCUT2D eigenvalue weighted by Gasteiger charge is 2.35. The molecule has 1 N–H and O–H groups in total. The molecule has 1 unspecified atom stereocenters. The number of fused-ring (bicyclic) bond motifs is 1. The van der Waals surface area contributed by atoms with Crippen LogP contribution in [-0.4, -0.2) is 42.4 Å². The van der Waals surface area contributed by atoms with E-state index in [2.05, 4.69) is 20.9 Å². The van der Waals surface area contributed by atoms with Gasteiger partial charge in [0.25, 0.3) is 5.56 Å². The van der Waals surface area contributed by atoms with Gasteiger partial charge in [-0.1, -0.05) is 39.4 Å². The van der Waals surface area contributed by atoms with Crippen LogP contribution in [0.1, 0.15) is 41.6 Å². The predicted molar refractivity (Wildman–Crippen MR) is 159 cm³/mol. The summed E-state index contributed by atoms with van der Waals surface area (Å²) < 4.78 is 24.6. The van der Waals surface area contributed by atoms with Crippen molar-refractivity contribution in [3.63, 3.8) is 0 Å². The van der Waals surface area contributed by atoms with Crippen LogP contribution in [0.5, 0.6) is 11.5 Å². The van der Waals surface area contributed by atoms with Crippen LogP contribution >= 0.6 is 27.3 Å². The quantitative estimate of drug-likeness (QED) is 0.275. The van der Waals surface area contributed by atoms with Crippen molar-refractivity contribution < 1.29 is 33.3 Å². The Bertz CT molecular complexity index is 1930. The Labute approximate surface area is 251 Å². The molecule has 0 amide bonds. The number of carbonyl (C=O) groups excluding carboxylic acids is 1. The van der Waals surface area contributed by atoms with Gasteiger partial charge in [-0.15, -0.1) is 0 Å². The van der Waals surface area contributed by atoms with Crippen molar-refractivity contribution in [1.29, 1.82) is 0 Å². The number of ether oxygens (including phenoxy) is 3. The maximum atomic E-state index is 13.9. The average Bonchev–Trinajstić information content (AvgIpc) is 3.56. The van der Waals surface area contributed by atoms with Gasteiger partial charge in [-0.2, -0.15) is 0 Å². The summed E-state index contributed by atoms with van der Waals surface area (Å²) in [5, 5.41) is 9.31. The molecule has 5 rings (SSSR count). The van der Waals surface area contributed by atoms with E-state index in [-0.39, 0.29) is 23.3 Å². The number of furan rings is 1. The van der Waals surface area contributed by atoms with E-state index in [4.69, 9.17) is 18.6 Å². The standard InChI is InChI=1S/C30H25BrN2O8S/c1-5-40-29(37)25-15(2)32-30-33(26(25)19-13-22(38-3)23(39-4)14-20(19)31)27(34)24(42-30)12-18-9-10-21(41-18)16-7-6-8-17(11-16)28(35)36/h6-14,26H,5H2,1-4H3,(H,35,36). The first kappa shape index (κ1) is 29.1. The number of thiazole rings is 1. The molecule has 10 nitrogen and oxygen atoms in total. The lowest BCUT2D eigenvalue weighted by Crippen LogP contribution is -2.40. The zero-order valence-corrected chi connectivity index (χ0v) is 25.4. The molecule has 0 bridgehead atoms. The first-order valence-corrected chi connectivity index (χ1v) is 14.3. The normalized spacial score (nSPS) is 14.8. The summed E-state index contributed by atoms with van der Waals surface area (Å²) in [6.07, 6.45) is 1.60. The third-order valence-electron chi connectivity index (χ3n) is 6.61. The minimum absolute atomic E-state index is 0.132. The summed E-state index contributed by atoms with van der Waals surface area (Å²) in [6, 6.07) is 12.3. The Hall–Kier alpha value is -4.42. The molecule has 1 aliphatic heterocycles. The topological polar surface area (TPSA) is 130 Å². The molecule has 0 radical (unpaired) electrons. The van der Waals surface area contributed by atoms with Gasteiger partial charge in [-0.3, -0.25) is 9.36 Å². The van der Waals surface area contributed by atoms with Gasteiger partial charge in [0.1, 0.15) is 11.5 Å². The Morgan fingerprint density at radius 2 is 1.88 bits per heavy atom. The van der Waals surface area contributed by atoms with Crippen molar-refractivity contribution in [2.75, 3.05) is 20.8 Å². The van der Waals surface area contributed by atoms with E-state index in [0.717, 1.165) is 11.3 Å². The van der Waals surface area contributed by atoms with Crippen molar-refractivity contribution in [2.45, 2.75) is 19.9 Å². The molecule has 12 heteroatoms. The largest absolute Gasteiger partial charge is 0.493 e. The Morgan fingerprint density at radius 1 is 1.14 bits per heavy atom. The van der Waals surface area contributed by atoms with E-state index < -0.39 is 18.0 Å². The second-order valence-corrected chi connectivity index (χ2v) is 11.0. The maximum Gasteiger partial charge on any atom is 0.338 e. The highest BCUT2D eigenvalue weighted by Crippen LogP contribution is 2.40. The van der Waals surface area contributed by atoms with Gasteiger partial charge in [-0.05, 0) is 55.8 Å². The van der Waals surface area contributed by atoms with E-state index in [1.54, 1.807) is 56.3 Å². The van der Waals surface area contributed by atoms with Crippen LogP contribution < -0.4 is 24.4 Å². The first-order valence-electron chi connectivity index (χ1n) is 12.7. The van der Waals surface area contributed by atoms with E-state index in [1.807, 2.05) is 0 Å². The Kier molecular flexibility index (Phi) is 8.19. The number of carboxylic acids is 1. The number of benzene rings is 2. The fourth-order valence-corrected chi connectivity index (χ4v) is 6.25. The van der Waals surface area contributed by atoms with Crippen molar-refractivity contribution in [3.8, 4) is 22.8 Å². The third kappa shape index (κ3) is 5.30. The minimum atomic E-state index is -1.04. The summed E-state index contributed by atoms with van der Waals surface area (Å²) in [5.74, 6) is 0.106. The molecule has 42 heavy (non-hydrogen) atoms. The number of hydrogen-bond donors (Lipinski definition) is 1. The molecular formula is C30H25BrN2O8S. The Balaban J connectivity index is 1.67. The molecule has 0 fully saturated rings. The second kappa shape index (κ2) is 11.8. The molecule has 0 saturated heterocycles. The van der Waals surface area contributed by atoms with Crippen molar-refractivity contribution in [1.82, 2.24) is 4.57 Å². The van der Waals surface area contributed by atoms with Gasteiger partial charge >= 0.3 is 11.9 Å². The molecule has 2 aromatic carbocycles. The van der Waals surface area contributed by atoms with Crippen LogP contribution in [0.25, 0.3) is 17.4 Å². The van der Waals surface area contributed by atoms with Gasteiger partial charge in [0, 0.05) is 16.1 Å². The van der Waals surface area contributed by atoms with E-state index in [1.165, 1.54) is 30.9 Å². The number of allylic oxidation sites excluding steroid dienone is 1. The highest BCUT2D eigenvalue weighted by atomic mass is 79.9. The lowest BCUT2D eigenvalue weighted by molar-refractivity contribution is -0.139. The van der Waals surface area contributed by atoms with Crippen LogP contribution in [0.2, 0.25) is 0 Å². The van der Waals surface area contributed by atoms with Crippen LogP contribution in [0, 0.1) is 0 Å². The number of methoxy groups -OCH3 is 2. The summed E-state index contributed by atoms with van der Waals surface area (Å²) in [7, 11) is 3.02. The molecule has 1 aliphatic rings. The number of hydrogen-bond acceptors (Lipinski definition) is 9.